The highest BCUT2D eigenvalue weighted by Gasteiger charge is 2.86. The summed E-state index contributed by atoms with van der Waals surface area (Å²) >= 11 is 0. The number of carbonyl (C=O) groups excluding carboxylic acids is 1. The van der Waals surface area contributed by atoms with E-state index < -0.39 is 5.60 Å². The lowest BCUT2D eigenvalue weighted by Crippen LogP contribution is -2.95. The van der Waals surface area contributed by atoms with Gasteiger partial charge in [-0.05, 0) is 41.5 Å². The van der Waals surface area contributed by atoms with Crippen LogP contribution in [0.3, 0.4) is 0 Å². The number of nitrogens with zero attached hydrogens (tertiary/aromatic N) is 5. The Balaban J connectivity index is 1.70. The smallest absolute Gasteiger partial charge is 0.414 e. The molecule has 4 atom stereocenters. The predicted molar refractivity (Wildman–Crippen MR) is 108 cm³/mol. The normalized spacial score (nSPS) is 34.5. The quantitative estimate of drug-likeness (QED) is 0.688. The lowest BCUT2D eigenvalue weighted by molar-refractivity contribution is -1.07. The molecule has 7 heteroatoms. The van der Waals surface area contributed by atoms with Crippen molar-refractivity contribution in [3.63, 3.8) is 0 Å². The van der Waals surface area contributed by atoms with E-state index in [1.165, 1.54) is 5.56 Å². The van der Waals surface area contributed by atoms with Crippen LogP contribution in [0, 0.1) is 6.92 Å². The molecule has 154 valence electrons. The van der Waals surface area contributed by atoms with Crippen LogP contribution in [0.1, 0.15) is 64.5 Å². The second kappa shape index (κ2) is 5.25. The van der Waals surface area contributed by atoms with Crippen LogP contribution in [-0.2, 0) is 23.7 Å². The standard InChI is InChI=1S/C22H30N5O2/c1-13-24-17(14-11-23-26(7)12-14)16-10-21(5)8-15-9-22(6,18(16)25-13)27(15,21)19(28)29-20(2,3)4/h11-12,15H,8-10H2,1-7H3/q+1/t15?,21?,22-,27?/m0/s1. The summed E-state index contributed by atoms with van der Waals surface area (Å²) in [5.41, 5.74) is 3.08. The average Bonchev–Trinajstić information content (AvgIpc) is 2.98. The summed E-state index contributed by atoms with van der Waals surface area (Å²) in [4.78, 5) is 23.3. The molecule has 3 aliphatic rings. The van der Waals surface area contributed by atoms with Crippen LogP contribution in [0.15, 0.2) is 12.4 Å². The van der Waals surface area contributed by atoms with Gasteiger partial charge in [0, 0.05) is 30.8 Å². The minimum absolute atomic E-state index is 0.102. The molecule has 0 radical (unpaired) electrons. The third-order valence-corrected chi connectivity index (χ3v) is 7.33. The van der Waals surface area contributed by atoms with Gasteiger partial charge in [-0.3, -0.25) is 4.68 Å². The molecule has 29 heavy (non-hydrogen) atoms. The first kappa shape index (κ1) is 18.7. The van der Waals surface area contributed by atoms with E-state index >= 15 is 0 Å². The first-order valence-corrected chi connectivity index (χ1v) is 10.4. The maximum absolute atomic E-state index is 13.6. The van der Waals surface area contributed by atoms with Crippen LogP contribution >= 0.6 is 0 Å². The van der Waals surface area contributed by atoms with Crippen molar-refractivity contribution in [2.24, 2.45) is 7.05 Å². The molecule has 0 aliphatic carbocycles. The van der Waals surface area contributed by atoms with Crippen LogP contribution in [0.25, 0.3) is 11.3 Å². The van der Waals surface area contributed by atoms with Crippen LogP contribution in [0.2, 0.25) is 0 Å². The second-order valence-corrected chi connectivity index (χ2v) is 10.6. The molecule has 3 aliphatic heterocycles. The van der Waals surface area contributed by atoms with Gasteiger partial charge in [-0.2, -0.15) is 9.89 Å². The van der Waals surface area contributed by atoms with E-state index in [1.54, 1.807) is 4.68 Å². The Kier molecular flexibility index (Phi) is 3.39. The number of rotatable bonds is 1. The molecule has 0 aromatic carbocycles. The van der Waals surface area contributed by atoms with Crippen LogP contribution in [0.5, 0.6) is 0 Å². The monoisotopic (exact) mass is 396 g/mol. The molecule has 2 aromatic heterocycles. The largest absolute Gasteiger partial charge is 0.517 e. The fraction of sp³-hybridized carbons (Fsp3) is 0.636. The van der Waals surface area contributed by atoms with Gasteiger partial charge in [0.2, 0.25) is 0 Å². The van der Waals surface area contributed by atoms with Crippen LogP contribution in [-0.4, -0.2) is 47.5 Å². The van der Waals surface area contributed by atoms with Gasteiger partial charge in [0.05, 0.1) is 24.7 Å². The average molecular weight is 397 g/mol. The molecule has 0 bridgehead atoms. The van der Waals surface area contributed by atoms with Gasteiger partial charge in [0.1, 0.15) is 28.7 Å². The van der Waals surface area contributed by atoms with E-state index in [0.717, 1.165) is 42.0 Å². The highest BCUT2D eigenvalue weighted by Crippen LogP contribution is 2.70. The molecular weight excluding hydrogens is 366 g/mol. The van der Waals surface area contributed by atoms with Crippen molar-refractivity contribution in [3.05, 3.63) is 29.5 Å². The van der Waals surface area contributed by atoms with E-state index in [9.17, 15) is 4.79 Å². The Morgan fingerprint density at radius 3 is 2.59 bits per heavy atom. The minimum Gasteiger partial charge on any atom is -0.414 e. The summed E-state index contributed by atoms with van der Waals surface area (Å²) in [6.45, 7) is 12.2. The molecule has 2 saturated heterocycles. The maximum atomic E-state index is 13.6. The third-order valence-electron chi connectivity index (χ3n) is 7.33. The fourth-order valence-electron chi connectivity index (χ4n) is 6.55. The first-order valence-electron chi connectivity index (χ1n) is 10.4. The van der Waals surface area contributed by atoms with Crippen molar-refractivity contribution in [1.29, 1.82) is 0 Å². The molecular formula is C22H30N5O2+. The number of aromatic nitrogens is 4. The summed E-state index contributed by atoms with van der Waals surface area (Å²) in [5.74, 6) is 0.735. The Bertz CT molecular complexity index is 1050. The van der Waals surface area contributed by atoms with E-state index in [-0.39, 0.29) is 17.2 Å². The fourth-order valence-corrected chi connectivity index (χ4v) is 6.55. The second-order valence-electron chi connectivity index (χ2n) is 10.6. The summed E-state index contributed by atoms with van der Waals surface area (Å²) in [5, 5.41) is 4.34. The van der Waals surface area contributed by atoms with E-state index in [1.807, 2.05) is 47.1 Å². The number of hydrogen-bond donors (Lipinski definition) is 0. The van der Waals surface area contributed by atoms with E-state index in [4.69, 9.17) is 14.7 Å². The zero-order chi connectivity index (χ0) is 21.0. The molecule has 5 heterocycles. The van der Waals surface area contributed by atoms with E-state index in [2.05, 4.69) is 18.9 Å². The van der Waals surface area contributed by atoms with Crippen LogP contribution in [0.4, 0.5) is 4.79 Å². The summed E-state index contributed by atoms with van der Waals surface area (Å²) < 4.78 is 8.16. The Labute approximate surface area is 171 Å². The van der Waals surface area contributed by atoms with Gasteiger partial charge in [-0.25, -0.2) is 14.5 Å². The van der Waals surface area contributed by atoms with Crippen LogP contribution < -0.4 is 0 Å². The Morgan fingerprint density at radius 2 is 2.00 bits per heavy atom. The van der Waals surface area contributed by atoms with Gasteiger partial charge >= 0.3 is 6.09 Å². The third kappa shape index (κ3) is 2.11. The zero-order valence-electron chi connectivity index (χ0n) is 18.4. The molecule has 3 unspecified atom stereocenters. The number of carbonyl (C=O) groups is 1. The molecule has 0 saturated carbocycles. The Morgan fingerprint density at radius 1 is 1.28 bits per heavy atom. The van der Waals surface area contributed by atoms with E-state index in [0.29, 0.717) is 10.5 Å². The molecule has 0 N–H and O–H groups in total. The molecule has 2 fully saturated rings. The molecule has 0 spiro atoms. The van der Waals surface area contributed by atoms with Crippen molar-refractivity contribution >= 4 is 6.09 Å². The van der Waals surface area contributed by atoms with Crippen molar-refractivity contribution in [3.8, 4) is 11.3 Å². The molecule has 5 rings (SSSR count). The number of amides is 1. The number of ether oxygens (including phenoxy) is 1. The van der Waals surface area contributed by atoms with Crippen molar-refractivity contribution in [2.75, 3.05) is 0 Å². The highest BCUT2D eigenvalue weighted by molar-refractivity contribution is 5.69. The predicted octanol–water partition coefficient (Wildman–Crippen LogP) is 3.64. The highest BCUT2D eigenvalue weighted by atomic mass is 16.6. The van der Waals surface area contributed by atoms with Crippen molar-refractivity contribution in [2.45, 2.75) is 83.5 Å². The topological polar surface area (TPSA) is 69.9 Å². The number of fused-ring (bicyclic) bond motifs is 2. The van der Waals surface area contributed by atoms with Crippen molar-refractivity contribution < 1.29 is 14.0 Å². The summed E-state index contributed by atoms with van der Waals surface area (Å²) in [7, 11) is 1.92. The molecule has 7 nitrogen and oxygen atoms in total. The first-order chi connectivity index (χ1) is 13.4. The minimum atomic E-state index is -0.508. The van der Waals surface area contributed by atoms with Gasteiger partial charge in [0.25, 0.3) is 0 Å². The van der Waals surface area contributed by atoms with Gasteiger partial charge in [-0.15, -0.1) is 0 Å². The maximum Gasteiger partial charge on any atom is 0.517 e. The van der Waals surface area contributed by atoms with Gasteiger partial charge in [-0.1, -0.05) is 0 Å². The molecule has 1 amide bonds. The SMILES string of the molecule is Cc1nc(-c2cnn(C)c2)c2c(n1)[C@]1(C)CC3CC(C)(C2)[N+]31C(=O)OC(C)(C)C. The number of piperidine rings is 1. The number of quaternary nitrogens is 1. The lowest BCUT2D eigenvalue weighted by Gasteiger charge is -2.77. The number of aryl methyl sites for hydroxylation is 2. The van der Waals surface area contributed by atoms with Gasteiger partial charge in [0.15, 0.2) is 5.54 Å². The van der Waals surface area contributed by atoms with Crippen molar-refractivity contribution in [1.82, 2.24) is 19.7 Å². The zero-order valence-corrected chi connectivity index (χ0v) is 18.4. The summed E-state index contributed by atoms with van der Waals surface area (Å²) in [6.07, 6.45) is 6.52. The number of hydrogen-bond acceptors (Lipinski definition) is 5. The van der Waals surface area contributed by atoms with Gasteiger partial charge < -0.3 is 4.74 Å². The molecule has 2 aromatic rings. The Hall–Kier alpha value is -2.28. The lowest BCUT2D eigenvalue weighted by atomic mass is 9.52. The summed E-state index contributed by atoms with van der Waals surface area (Å²) in [6, 6.07) is 0.324.